The SMILES string of the molecule is CCCC(N)C(=O)NC(CCO)C(=O)O. The number of carboxylic acids is 1. The van der Waals surface area contributed by atoms with E-state index in [2.05, 4.69) is 5.32 Å². The molecular weight excluding hydrogens is 200 g/mol. The molecule has 0 saturated heterocycles. The quantitative estimate of drug-likeness (QED) is 0.441. The Labute approximate surface area is 88.5 Å². The fourth-order valence-electron chi connectivity index (χ4n) is 1.11. The lowest BCUT2D eigenvalue weighted by molar-refractivity contribution is -0.142. The van der Waals surface area contributed by atoms with Gasteiger partial charge in [-0.25, -0.2) is 4.79 Å². The second-order valence-corrected chi connectivity index (χ2v) is 3.31. The number of hydrogen-bond donors (Lipinski definition) is 4. The van der Waals surface area contributed by atoms with E-state index in [0.29, 0.717) is 6.42 Å². The number of aliphatic hydroxyl groups is 1. The smallest absolute Gasteiger partial charge is 0.326 e. The Morgan fingerprint density at radius 3 is 2.40 bits per heavy atom. The molecule has 0 saturated carbocycles. The van der Waals surface area contributed by atoms with Crippen molar-refractivity contribution in [1.82, 2.24) is 5.32 Å². The summed E-state index contributed by atoms with van der Waals surface area (Å²) in [4.78, 5) is 22.0. The van der Waals surface area contributed by atoms with Crippen LogP contribution in [0.15, 0.2) is 0 Å². The van der Waals surface area contributed by atoms with Gasteiger partial charge in [0.25, 0.3) is 0 Å². The lowest BCUT2D eigenvalue weighted by atomic mass is 10.1. The van der Waals surface area contributed by atoms with Crippen molar-refractivity contribution in [2.24, 2.45) is 5.73 Å². The highest BCUT2D eigenvalue weighted by Gasteiger charge is 2.21. The number of aliphatic hydroxyl groups excluding tert-OH is 1. The van der Waals surface area contributed by atoms with Crippen molar-refractivity contribution in [3.05, 3.63) is 0 Å². The molecule has 6 heteroatoms. The van der Waals surface area contributed by atoms with E-state index in [-0.39, 0.29) is 13.0 Å². The highest BCUT2D eigenvalue weighted by Crippen LogP contribution is 1.96. The van der Waals surface area contributed by atoms with Crippen LogP contribution in [0.1, 0.15) is 26.2 Å². The maximum absolute atomic E-state index is 11.3. The molecule has 0 rings (SSSR count). The third kappa shape index (κ3) is 5.34. The first-order valence-corrected chi connectivity index (χ1v) is 4.92. The first-order chi connectivity index (χ1) is 7.02. The number of carboxylic acid groups (broad SMARTS) is 1. The average molecular weight is 218 g/mol. The summed E-state index contributed by atoms with van der Waals surface area (Å²) in [6.45, 7) is 1.59. The van der Waals surface area contributed by atoms with E-state index >= 15 is 0 Å². The van der Waals surface area contributed by atoms with Gasteiger partial charge in [-0.1, -0.05) is 13.3 Å². The summed E-state index contributed by atoms with van der Waals surface area (Å²) in [6, 6.07) is -1.75. The Balaban J connectivity index is 4.15. The zero-order valence-electron chi connectivity index (χ0n) is 8.77. The summed E-state index contributed by atoms with van der Waals surface area (Å²) in [6.07, 6.45) is 1.25. The van der Waals surface area contributed by atoms with Crippen molar-refractivity contribution >= 4 is 11.9 Å². The van der Waals surface area contributed by atoms with Crippen LogP contribution in [-0.4, -0.2) is 40.8 Å². The number of nitrogens with two attached hydrogens (primary N) is 1. The molecule has 2 atom stereocenters. The number of aliphatic carboxylic acids is 1. The molecule has 88 valence electrons. The van der Waals surface area contributed by atoms with Gasteiger partial charge in [-0.15, -0.1) is 0 Å². The highest BCUT2D eigenvalue weighted by atomic mass is 16.4. The summed E-state index contributed by atoms with van der Waals surface area (Å²) in [5.74, 6) is -1.65. The lowest BCUT2D eigenvalue weighted by Gasteiger charge is -2.16. The van der Waals surface area contributed by atoms with E-state index in [9.17, 15) is 9.59 Å². The maximum atomic E-state index is 11.3. The fraction of sp³-hybridized carbons (Fsp3) is 0.778. The Morgan fingerprint density at radius 1 is 1.40 bits per heavy atom. The first kappa shape index (κ1) is 13.9. The molecule has 0 aromatic heterocycles. The molecule has 15 heavy (non-hydrogen) atoms. The van der Waals surface area contributed by atoms with Crippen molar-refractivity contribution in [1.29, 1.82) is 0 Å². The Morgan fingerprint density at radius 2 is 2.00 bits per heavy atom. The molecule has 2 unspecified atom stereocenters. The number of amides is 1. The van der Waals surface area contributed by atoms with Crippen molar-refractivity contribution in [3.63, 3.8) is 0 Å². The van der Waals surface area contributed by atoms with Crippen LogP contribution in [0, 0.1) is 0 Å². The predicted octanol–water partition coefficient (Wildman–Crippen LogP) is -0.934. The van der Waals surface area contributed by atoms with E-state index in [4.69, 9.17) is 15.9 Å². The molecule has 0 bridgehead atoms. The molecule has 0 radical (unpaired) electrons. The van der Waals surface area contributed by atoms with Gasteiger partial charge in [-0.05, 0) is 6.42 Å². The lowest BCUT2D eigenvalue weighted by Crippen LogP contribution is -2.48. The van der Waals surface area contributed by atoms with Gasteiger partial charge in [0.1, 0.15) is 6.04 Å². The van der Waals surface area contributed by atoms with Crippen LogP contribution in [0.3, 0.4) is 0 Å². The zero-order valence-corrected chi connectivity index (χ0v) is 8.77. The minimum atomic E-state index is -1.17. The van der Waals surface area contributed by atoms with Gasteiger partial charge in [-0.2, -0.15) is 0 Å². The van der Waals surface area contributed by atoms with Gasteiger partial charge in [0.05, 0.1) is 6.04 Å². The molecular formula is C9H18N2O4. The molecule has 1 amide bonds. The average Bonchev–Trinajstić information content (AvgIpc) is 2.17. The standard InChI is InChI=1S/C9H18N2O4/c1-2-3-6(10)8(13)11-7(4-5-12)9(14)15/h6-7,12H,2-5,10H2,1H3,(H,11,13)(H,14,15). The molecule has 6 nitrogen and oxygen atoms in total. The molecule has 5 N–H and O–H groups in total. The summed E-state index contributed by atoms with van der Waals surface area (Å²) in [7, 11) is 0. The summed E-state index contributed by atoms with van der Waals surface area (Å²) >= 11 is 0. The largest absolute Gasteiger partial charge is 0.480 e. The van der Waals surface area contributed by atoms with Crippen molar-refractivity contribution in [3.8, 4) is 0 Å². The molecule has 0 aromatic rings. The van der Waals surface area contributed by atoms with Crippen LogP contribution in [0.4, 0.5) is 0 Å². The monoisotopic (exact) mass is 218 g/mol. The zero-order chi connectivity index (χ0) is 11.8. The van der Waals surface area contributed by atoms with Gasteiger partial charge >= 0.3 is 5.97 Å². The molecule has 0 aliphatic carbocycles. The van der Waals surface area contributed by atoms with E-state index in [1.54, 1.807) is 0 Å². The molecule has 0 fully saturated rings. The van der Waals surface area contributed by atoms with E-state index in [0.717, 1.165) is 6.42 Å². The summed E-state index contributed by atoms with van der Waals surface area (Å²) < 4.78 is 0. The van der Waals surface area contributed by atoms with Crippen molar-refractivity contribution < 1.29 is 19.8 Å². The maximum Gasteiger partial charge on any atom is 0.326 e. The van der Waals surface area contributed by atoms with Crippen LogP contribution in [-0.2, 0) is 9.59 Å². The normalized spacial score (nSPS) is 14.3. The van der Waals surface area contributed by atoms with Crippen LogP contribution in [0.25, 0.3) is 0 Å². The molecule has 0 heterocycles. The van der Waals surface area contributed by atoms with Gasteiger partial charge in [0.2, 0.25) is 5.91 Å². The number of nitrogens with one attached hydrogen (secondary N) is 1. The number of carbonyl (C=O) groups is 2. The van der Waals surface area contributed by atoms with Gasteiger partial charge in [0.15, 0.2) is 0 Å². The predicted molar refractivity (Wildman–Crippen MR) is 54.2 cm³/mol. The van der Waals surface area contributed by atoms with Crippen molar-refractivity contribution in [2.45, 2.75) is 38.3 Å². The second kappa shape index (κ2) is 7.19. The summed E-state index contributed by atoms with van der Waals surface area (Å²) in [5.41, 5.74) is 5.50. The minimum Gasteiger partial charge on any atom is -0.480 e. The van der Waals surface area contributed by atoms with E-state index in [1.165, 1.54) is 0 Å². The molecule has 0 aliphatic heterocycles. The fourth-order valence-corrected chi connectivity index (χ4v) is 1.11. The van der Waals surface area contributed by atoms with Gasteiger partial charge in [-0.3, -0.25) is 4.79 Å². The minimum absolute atomic E-state index is 0.0140. The molecule has 0 spiro atoms. The Bertz CT molecular complexity index is 220. The Kier molecular flexibility index (Phi) is 6.64. The van der Waals surface area contributed by atoms with Crippen LogP contribution in [0.2, 0.25) is 0 Å². The van der Waals surface area contributed by atoms with Crippen LogP contribution >= 0.6 is 0 Å². The number of carbonyl (C=O) groups excluding carboxylic acids is 1. The highest BCUT2D eigenvalue weighted by molar-refractivity contribution is 5.86. The van der Waals surface area contributed by atoms with E-state index in [1.807, 2.05) is 6.92 Å². The van der Waals surface area contributed by atoms with Crippen LogP contribution in [0.5, 0.6) is 0 Å². The van der Waals surface area contributed by atoms with Gasteiger partial charge < -0.3 is 21.3 Å². The number of rotatable bonds is 7. The topological polar surface area (TPSA) is 113 Å². The summed E-state index contributed by atoms with van der Waals surface area (Å²) in [5, 5.41) is 19.6. The van der Waals surface area contributed by atoms with Crippen molar-refractivity contribution in [2.75, 3.05) is 6.61 Å². The second-order valence-electron chi connectivity index (χ2n) is 3.31. The molecule has 0 aliphatic rings. The number of hydrogen-bond acceptors (Lipinski definition) is 4. The third-order valence-electron chi connectivity index (χ3n) is 1.97. The Hall–Kier alpha value is -1.14. The van der Waals surface area contributed by atoms with E-state index < -0.39 is 24.0 Å². The van der Waals surface area contributed by atoms with Gasteiger partial charge in [0, 0.05) is 13.0 Å². The first-order valence-electron chi connectivity index (χ1n) is 4.92. The van der Waals surface area contributed by atoms with Crippen LogP contribution < -0.4 is 11.1 Å². The third-order valence-corrected chi connectivity index (χ3v) is 1.97. The molecule has 0 aromatic carbocycles.